The van der Waals surface area contributed by atoms with Crippen molar-refractivity contribution in [3.05, 3.63) is 46.3 Å². The van der Waals surface area contributed by atoms with Gasteiger partial charge in [0.15, 0.2) is 12.2 Å². The van der Waals surface area contributed by atoms with E-state index >= 15 is 0 Å². The van der Waals surface area contributed by atoms with Gasteiger partial charge < -0.3 is 15.2 Å². The van der Waals surface area contributed by atoms with Gasteiger partial charge in [0, 0.05) is 17.0 Å². The van der Waals surface area contributed by atoms with Gasteiger partial charge in [-0.3, -0.25) is 4.79 Å². The summed E-state index contributed by atoms with van der Waals surface area (Å²) in [6, 6.07) is 7.63. The minimum absolute atomic E-state index is 0.0870. The van der Waals surface area contributed by atoms with Gasteiger partial charge in [0.1, 0.15) is 0 Å². The predicted molar refractivity (Wildman–Crippen MR) is 71.4 cm³/mol. The first-order valence-corrected chi connectivity index (χ1v) is 6.59. The van der Waals surface area contributed by atoms with Gasteiger partial charge in [0.2, 0.25) is 11.7 Å². The normalized spacial score (nSPS) is 24.6. The number of carboxylic acid groups (broad SMARTS) is 1. The standard InChI is InChI=1S/C14H12ClNO4/c15-8-3-1-7(2-4-8)9-5-10(9)16-13-12(14(18)19)11(17)6-20-13/h1-4,9-10,16H,5-6H2,(H,18,19). The minimum atomic E-state index is -1.25. The highest BCUT2D eigenvalue weighted by Crippen LogP contribution is 2.42. The van der Waals surface area contributed by atoms with E-state index in [9.17, 15) is 9.59 Å². The Hall–Kier alpha value is -2.01. The van der Waals surface area contributed by atoms with Crippen LogP contribution in [0, 0.1) is 0 Å². The average Bonchev–Trinajstić information content (AvgIpc) is 3.06. The van der Waals surface area contributed by atoms with Gasteiger partial charge in [0.05, 0.1) is 0 Å². The number of Topliss-reactive ketones (excluding diaryl/α,β-unsaturated/α-hetero) is 1. The Morgan fingerprint density at radius 1 is 1.35 bits per heavy atom. The molecule has 1 saturated carbocycles. The topological polar surface area (TPSA) is 75.6 Å². The second-order valence-electron chi connectivity index (χ2n) is 4.87. The zero-order valence-electron chi connectivity index (χ0n) is 10.4. The lowest BCUT2D eigenvalue weighted by Gasteiger charge is -2.07. The maximum Gasteiger partial charge on any atom is 0.344 e. The van der Waals surface area contributed by atoms with Gasteiger partial charge in [-0.05, 0) is 24.1 Å². The molecule has 0 aromatic heterocycles. The minimum Gasteiger partial charge on any atom is -0.477 e. The molecule has 0 spiro atoms. The van der Waals surface area contributed by atoms with E-state index in [1.54, 1.807) is 0 Å². The SMILES string of the molecule is O=C(O)C1=C(NC2CC2c2ccc(Cl)cc2)OCC1=O. The molecule has 2 N–H and O–H groups in total. The zero-order chi connectivity index (χ0) is 14.3. The molecular weight excluding hydrogens is 282 g/mol. The van der Waals surface area contributed by atoms with Gasteiger partial charge >= 0.3 is 5.97 Å². The molecule has 0 radical (unpaired) electrons. The molecule has 2 unspecified atom stereocenters. The third-order valence-electron chi connectivity index (χ3n) is 3.47. The highest BCUT2D eigenvalue weighted by molar-refractivity contribution is 6.30. The molecule has 0 saturated heterocycles. The fraction of sp³-hybridized carbons (Fsp3) is 0.286. The van der Waals surface area contributed by atoms with Crippen molar-refractivity contribution in [2.75, 3.05) is 6.61 Å². The van der Waals surface area contributed by atoms with E-state index in [0.29, 0.717) is 5.02 Å². The molecule has 1 heterocycles. The molecule has 6 heteroatoms. The summed E-state index contributed by atoms with van der Waals surface area (Å²) in [4.78, 5) is 22.4. The third kappa shape index (κ3) is 2.36. The summed E-state index contributed by atoms with van der Waals surface area (Å²) in [5.74, 6) is -1.37. The average molecular weight is 294 g/mol. The number of hydrogen-bond acceptors (Lipinski definition) is 4. The monoisotopic (exact) mass is 293 g/mol. The van der Waals surface area contributed by atoms with Crippen molar-refractivity contribution in [2.45, 2.75) is 18.4 Å². The molecule has 1 fully saturated rings. The molecule has 1 aliphatic heterocycles. The van der Waals surface area contributed by atoms with Crippen molar-refractivity contribution < 1.29 is 19.4 Å². The Labute approximate surface area is 120 Å². The number of ether oxygens (including phenoxy) is 1. The number of aliphatic carboxylic acids is 1. The number of rotatable bonds is 4. The van der Waals surface area contributed by atoms with Crippen LogP contribution in [0.5, 0.6) is 0 Å². The fourth-order valence-corrected chi connectivity index (χ4v) is 2.47. The molecule has 0 bridgehead atoms. The van der Waals surface area contributed by atoms with E-state index in [4.69, 9.17) is 21.4 Å². The number of nitrogens with one attached hydrogen (secondary N) is 1. The van der Waals surface area contributed by atoms with Crippen molar-refractivity contribution >= 4 is 23.4 Å². The summed E-state index contributed by atoms with van der Waals surface area (Å²) in [7, 11) is 0. The van der Waals surface area contributed by atoms with Gasteiger partial charge in [-0.2, -0.15) is 0 Å². The summed E-state index contributed by atoms with van der Waals surface area (Å²) in [6.07, 6.45) is 0.871. The quantitative estimate of drug-likeness (QED) is 0.826. The second-order valence-corrected chi connectivity index (χ2v) is 5.30. The first-order valence-electron chi connectivity index (χ1n) is 6.22. The van der Waals surface area contributed by atoms with Crippen LogP contribution in [-0.2, 0) is 14.3 Å². The Bertz CT molecular complexity index is 608. The summed E-state index contributed by atoms with van der Waals surface area (Å²) in [5, 5.41) is 12.7. The molecule has 0 amide bonds. The molecule has 1 aliphatic carbocycles. The molecule has 5 nitrogen and oxygen atoms in total. The highest BCUT2D eigenvalue weighted by atomic mass is 35.5. The maximum atomic E-state index is 11.4. The lowest BCUT2D eigenvalue weighted by Crippen LogP contribution is -2.21. The van der Waals surface area contributed by atoms with Crippen molar-refractivity contribution in [1.82, 2.24) is 5.32 Å². The zero-order valence-corrected chi connectivity index (χ0v) is 11.2. The second kappa shape index (κ2) is 4.83. The number of ketones is 1. The Balaban J connectivity index is 1.70. The first kappa shape index (κ1) is 13.0. The molecule has 20 heavy (non-hydrogen) atoms. The number of carbonyl (C=O) groups is 2. The van der Waals surface area contributed by atoms with Gasteiger partial charge in [-0.1, -0.05) is 23.7 Å². The van der Waals surface area contributed by atoms with Gasteiger partial charge in [0.25, 0.3) is 0 Å². The predicted octanol–water partition coefficient (Wildman–Crippen LogP) is 1.68. The van der Waals surface area contributed by atoms with E-state index in [-0.39, 0.29) is 30.0 Å². The van der Waals surface area contributed by atoms with Crippen LogP contribution in [-0.4, -0.2) is 29.5 Å². The lowest BCUT2D eigenvalue weighted by molar-refractivity contribution is -0.134. The van der Waals surface area contributed by atoms with Crippen molar-refractivity contribution in [2.24, 2.45) is 0 Å². The van der Waals surface area contributed by atoms with Gasteiger partial charge in [-0.15, -0.1) is 0 Å². The number of benzene rings is 1. The smallest absolute Gasteiger partial charge is 0.344 e. The first-order chi connectivity index (χ1) is 9.56. The Morgan fingerprint density at radius 2 is 2.05 bits per heavy atom. The molecule has 2 aliphatic rings. The fourth-order valence-electron chi connectivity index (χ4n) is 2.34. The van der Waals surface area contributed by atoms with Gasteiger partial charge in [-0.25, -0.2) is 4.79 Å². The van der Waals surface area contributed by atoms with Crippen LogP contribution >= 0.6 is 11.6 Å². The van der Waals surface area contributed by atoms with Crippen LogP contribution in [0.15, 0.2) is 35.7 Å². The lowest BCUT2D eigenvalue weighted by atomic mass is 10.1. The highest BCUT2D eigenvalue weighted by Gasteiger charge is 2.41. The van der Waals surface area contributed by atoms with E-state index < -0.39 is 11.8 Å². The van der Waals surface area contributed by atoms with Crippen LogP contribution < -0.4 is 5.32 Å². The van der Waals surface area contributed by atoms with Crippen LogP contribution in [0.25, 0.3) is 0 Å². The molecule has 3 rings (SSSR count). The van der Waals surface area contributed by atoms with E-state index in [1.807, 2.05) is 24.3 Å². The largest absolute Gasteiger partial charge is 0.477 e. The Kier molecular flexibility index (Phi) is 3.14. The van der Waals surface area contributed by atoms with E-state index in [1.165, 1.54) is 0 Å². The van der Waals surface area contributed by atoms with Crippen molar-refractivity contribution in [3.8, 4) is 0 Å². The summed E-state index contributed by atoms with van der Waals surface area (Å²) in [6.45, 7) is -0.206. The summed E-state index contributed by atoms with van der Waals surface area (Å²) >= 11 is 5.83. The van der Waals surface area contributed by atoms with Crippen LogP contribution in [0.4, 0.5) is 0 Å². The van der Waals surface area contributed by atoms with Crippen molar-refractivity contribution in [3.63, 3.8) is 0 Å². The van der Waals surface area contributed by atoms with E-state index in [2.05, 4.69) is 5.32 Å². The molecule has 104 valence electrons. The number of carbonyl (C=O) groups excluding carboxylic acids is 1. The molecule has 1 aromatic rings. The third-order valence-corrected chi connectivity index (χ3v) is 3.72. The van der Waals surface area contributed by atoms with Crippen molar-refractivity contribution in [1.29, 1.82) is 0 Å². The summed E-state index contributed by atoms with van der Waals surface area (Å²) in [5.41, 5.74) is 0.848. The molecule has 1 aromatic carbocycles. The van der Waals surface area contributed by atoms with Crippen LogP contribution in [0.1, 0.15) is 17.9 Å². The summed E-state index contributed by atoms with van der Waals surface area (Å²) < 4.78 is 5.11. The molecule has 2 atom stereocenters. The van der Waals surface area contributed by atoms with Crippen LogP contribution in [0.3, 0.4) is 0 Å². The number of hydrogen-bond donors (Lipinski definition) is 2. The number of halogens is 1. The maximum absolute atomic E-state index is 11.4. The van der Waals surface area contributed by atoms with E-state index in [0.717, 1.165) is 12.0 Å². The van der Waals surface area contributed by atoms with Crippen LogP contribution in [0.2, 0.25) is 5.02 Å². The molecular formula is C14H12ClNO4. The number of carboxylic acids is 1. The Morgan fingerprint density at radius 3 is 2.70 bits per heavy atom.